The van der Waals surface area contributed by atoms with E-state index in [1.54, 1.807) is 4.68 Å². The fourth-order valence-electron chi connectivity index (χ4n) is 2.11. The number of Topliss-reactive ketones (excluding diaryl/α,β-unsaturated/α-hetero) is 1. The van der Waals surface area contributed by atoms with Gasteiger partial charge in [0, 0.05) is 17.1 Å². The normalized spacial score (nSPS) is 10.8. The third-order valence-corrected chi connectivity index (χ3v) is 4.86. The van der Waals surface area contributed by atoms with Crippen molar-refractivity contribution in [1.82, 2.24) is 9.78 Å². The molecule has 0 aliphatic heterocycles. The van der Waals surface area contributed by atoms with E-state index in [0.29, 0.717) is 6.42 Å². The molecular weight excluding hydrogens is 384 g/mol. The second kappa shape index (κ2) is 6.22. The second-order valence-corrected chi connectivity index (χ2v) is 6.42. The van der Waals surface area contributed by atoms with Crippen molar-refractivity contribution >= 4 is 37.6 Å². The van der Waals surface area contributed by atoms with Gasteiger partial charge in [0.25, 0.3) is 0 Å². The number of rotatable bonds is 4. The first-order valence-electron chi connectivity index (χ1n) is 6.43. The van der Waals surface area contributed by atoms with E-state index in [0.717, 1.165) is 37.9 Å². The summed E-state index contributed by atoms with van der Waals surface area (Å²) < 4.78 is 3.56. The number of hydrogen-bond donors (Lipinski definition) is 0. The molecule has 0 aliphatic carbocycles. The van der Waals surface area contributed by atoms with E-state index in [-0.39, 0.29) is 5.78 Å². The molecule has 0 amide bonds. The molecule has 2 rings (SSSR count). The molecule has 0 aliphatic rings. The third-order valence-electron chi connectivity index (χ3n) is 3.25. The molecule has 20 heavy (non-hydrogen) atoms. The highest BCUT2D eigenvalue weighted by Gasteiger charge is 2.18. The highest BCUT2D eigenvalue weighted by atomic mass is 79.9. The summed E-state index contributed by atoms with van der Waals surface area (Å²) in [6.45, 7) is 4.04. The van der Waals surface area contributed by atoms with E-state index in [1.807, 2.05) is 32.2 Å². The summed E-state index contributed by atoms with van der Waals surface area (Å²) >= 11 is 6.99. The van der Waals surface area contributed by atoms with Crippen molar-refractivity contribution in [3.63, 3.8) is 0 Å². The van der Waals surface area contributed by atoms with Crippen LogP contribution in [0.1, 0.15) is 34.2 Å². The number of carbonyl (C=O) groups excluding carboxylic acids is 1. The van der Waals surface area contributed by atoms with E-state index in [2.05, 4.69) is 43.9 Å². The fourth-order valence-corrected chi connectivity index (χ4v) is 3.34. The first-order chi connectivity index (χ1) is 9.43. The van der Waals surface area contributed by atoms with Crippen molar-refractivity contribution in [2.24, 2.45) is 7.05 Å². The number of aromatic nitrogens is 2. The molecule has 5 heteroatoms. The maximum absolute atomic E-state index is 12.5. The molecule has 3 nitrogen and oxygen atoms in total. The van der Waals surface area contributed by atoms with Crippen LogP contribution in [0.25, 0.3) is 0 Å². The molecule has 0 N–H and O–H groups in total. The van der Waals surface area contributed by atoms with Crippen LogP contribution in [-0.2, 0) is 19.9 Å². The number of ketones is 1. The zero-order valence-corrected chi connectivity index (χ0v) is 14.9. The predicted molar refractivity (Wildman–Crippen MR) is 87.2 cm³/mol. The Labute approximate surface area is 135 Å². The summed E-state index contributed by atoms with van der Waals surface area (Å²) in [6, 6.07) is 5.81. The molecule has 1 heterocycles. The Morgan fingerprint density at radius 3 is 2.65 bits per heavy atom. The van der Waals surface area contributed by atoms with Gasteiger partial charge in [-0.15, -0.1) is 0 Å². The standard InChI is InChI=1S/C15H16Br2N2O/c1-4-12-15(17)13(19(3)18-12)8-14(20)10-7-9(2)5-6-11(10)16/h5-7H,4,8H2,1-3H3. The average molecular weight is 400 g/mol. The molecule has 1 aromatic heterocycles. The summed E-state index contributed by atoms with van der Waals surface area (Å²) in [5, 5.41) is 4.42. The second-order valence-electron chi connectivity index (χ2n) is 4.77. The summed E-state index contributed by atoms with van der Waals surface area (Å²) in [5.41, 5.74) is 3.70. The van der Waals surface area contributed by atoms with Crippen molar-refractivity contribution in [1.29, 1.82) is 0 Å². The maximum atomic E-state index is 12.5. The minimum absolute atomic E-state index is 0.0897. The van der Waals surface area contributed by atoms with E-state index in [1.165, 1.54) is 0 Å². The molecule has 0 atom stereocenters. The van der Waals surface area contributed by atoms with Gasteiger partial charge in [0.2, 0.25) is 0 Å². The minimum atomic E-state index is 0.0897. The maximum Gasteiger partial charge on any atom is 0.169 e. The molecule has 0 spiro atoms. The Balaban J connectivity index is 2.33. The topological polar surface area (TPSA) is 34.9 Å². The van der Waals surface area contributed by atoms with Gasteiger partial charge in [0.1, 0.15) is 0 Å². The summed E-state index contributed by atoms with van der Waals surface area (Å²) in [5.74, 6) is 0.0897. The van der Waals surface area contributed by atoms with Gasteiger partial charge < -0.3 is 0 Å². The lowest BCUT2D eigenvalue weighted by atomic mass is 10.0. The Kier molecular flexibility index (Phi) is 4.81. The van der Waals surface area contributed by atoms with Gasteiger partial charge in [0.05, 0.1) is 22.3 Å². The number of benzene rings is 1. The lowest BCUT2D eigenvalue weighted by Gasteiger charge is -2.06. The monoisotopic (exact) mass is 398 g/mol. The quantitative estimate of drug-likeness (QED) is 0.720. The average Bonchev–Trinajstić information content (AvgIpc) is 2.68. The Morgan fingerprint density at radius 1 is 1.35 bits per heavy atom. The Hall–Kier alpha value is -0.940. The van der Waals surface area contributed by atoms with Gasteiger partial charge in [-0.3, -0.25) is 9.48 Å². The highest BCUT2D eigenvalue weighted by molar-refractivity contribution is 9.10. The van der Waals surface area contributed by atoms with Crippen LogP contribution in [0.15, 0.2) is 27.1 Å². The lowest BCUT2D eigenvalue weighted by Crippen LogP contribution is -2.09. The molecular formula is C15H16Br2N2O. The van der Waals surface area contributed by atoms with E-state index in [4.69, 9.17) is 0 Å². The zero-order chi connectivity index (χ0) is 14.9. The Bertz CT molecular complexity index is 662. The van der Waals surface area contributed by atoms with Crippen molar-refractivity contribution in [3.8, 4) is 0 Å². The molecule has 2 aromatic rings. The van der Waals surface area contributed by atoms with Crippen LogP contribution in [0.3, 0.4) is 0 Å². The van der Waals surface area contributed by atoms with Crippen LogP contribution < -0.4 is 0 Å². The van der Waals surface area contributed by atoms with Crippen LogP contribution in [-0.4, -0.2) is 15.6 Å². The largest absolute Gasteiger partial charge is 0.294 e. The van der Waals surface area contributed by atoms with Gasteiger partial charge in [0.15, 0.2) is 5.78 Å². The van der Waals surface area contributed by atoms with Crippen molar-refractivity contribution in [3.05, 3.63) is 49.7 Å². The minimum Gasteiger partial charge on any atom is -0.294 e. The first-order valence-corrected chi connectivity index (χ1v) is 8.02. The first kappa shape index (κ1) is 15.4. The molecule has 0 bridgehead atoms. The fraction of sp³-hybridized carbons (Fsp3) is 0.333. The van der Waals surface area contributed by atoms with Crippen molar-refractivity contribution < 1.29 is 4.79 Å². The predicted octanol–water partition coefficient (Wildman–Crippen LogP) is 4.24. The van der Waals surface area contributed by atoms with Gasteiger partial charge >= 0.3 is 0 Å². The summed E-state index contributed by atoms with van der Waals surface area (Å²) in [4.78, 5) is 12.5. The number of nitrogens with zero attached hydrogens (tertiary/aromatic N) is 2. The van der Waals surface area contributed by atoms with E-state index in [9.17, 15) is 4.79 Å². The molecule has 0 saturated carbocycles. The summed E-state index contributed by atoms with van der Waals surface area (Å²) in [7, 11) is 1.87. The molecule has 106 valence electrons. The van der Waals surface area contributed by atoms with Crippen LogP contribution >= 0.6 is 31.9 Å². The molecule has 0 radical (unpaired) electrons. The third kappa shape index (κ3) is 3.04. The van der Waals surface area contributed by atoms with Gasteiger partial charge in [-0.25, -0.2) is 0 Å². The van der Waals surface area contributed by atoms with Crippen molar-refractivity contribution in [2.45, 2.75) is 26.7 Å². The molecule has 0 saturated heterocycles. The number of hydrogen-bond acceptors (Lipinski definition) is 2. The molecule has 0 fully saturated rings. The van der Waals surface area contributed by atoms with Crippen LogP contribution in [0.5, 0.6) is 0 Å². The summed E-state index contributed by atoms with van der Waals surface area (Å²) in [6.07, 6.45) is 1.18. The highest BCUT2D eigenvalue weighted by Crippen LogP contribution is 2.25. The van der Waals surface area contributed by atoms with E-state index < -0.39 is 0 Å². The SMILES string of the molecule is CCc1nn(C)c(CC(=O)c2cc(C)ccc2Br)c1Br. The number of carbonyl (C=O) groups is 1. The number of aryl methyl sites for hydroxylation is 3. The van der Waals surface area contributed by atoms with Gasteiger partial charge in [-0.1, -0.05) is 34.5 Å². The Morgan fingerprint density at radius 2 is 2.05 bits per heavy atom. The van der Waals surface area contributed by atoms with Gasteiger partial charge in [-0.2, -0.15) is 5.10 Å². The van der Waals surface area contributed by atoms with Crippen LogP contribution in [0, 0.1) is 6.92 Å². The smallest absolute Gasteiger partial charge is 0.169 e. The van der Waals surface area contributed by atoms with Gasteiger partial charge in [-0.05, 0) is 41.4 Å². The van der Waals surface area contributed by atoms with Crippen LogP contribution in [0.4, 0.5) is 0 Å². The lowest BCUT2D eigenvalue weighted by molar-refractivity contribution is 0.0989. The van der Waals surface area contributed by atoms with Crippen molar-refractivity contribution in [2.75, 3.05) is 0 Å². The van der Waals surface area contributed by atoms with Crippen LogP contribution in [0.2, 0.25) is 0 Å². The molecule has 1 aromatic carbocycles. The number of halogens is 2. The molecule has 0 unspecified atom stereocenters. The zero-order valence-electron chi connectivity index (χ0n) is 11.7. The van der Waals surface area contributed by atoms with E-state index >= 15 is 0 Å².